The molecule has 0 amide bonds. The Labute approximate surface area is 115 Å². The van der Waals surface area contributed by atoms with Gasteiger partial charge in [-0.15, -0.1) is 6.58 Å². The van der Waals surface area contributed by atoms with Crippen LogP contribution >= 0.6 is 0 Å². The summed E-state index contributed by atoms with van der Waals surface area (Å²) in [5, 5.41) is 9.29. The highest BCUT2D eigenvalue weighted by Crippen LogP contribution is 2.29. The lowest BCUT2D eigenvalue weighted by molar-refractivity contribution is -0.0582. The number of aliphatic hydroxyl groups excluding tert-OH is 1. The lowest BCUT2D eigenvalue weighted by atomic mass is 10.2. The van der Waals surface area contributed by atoms with Crippen LogP contribution in [0.15, 0.2) is 28.4 Å². The number of ether oxygens (including phenoxy) is 2. The van der Waals surface area contributed by atoms with Crippen LogP contribution in [0.25, 0.3) is 0 Å². The van der Waals surface area contributed by atoms with Crippen molar-refractivity contribution in [3.05, 3.63) is 45.3 Å². The zero-order chi connectivity index (χ0) is 14.7. The average Bonchev–Trinajstić information content (AvgIpc) is 2.83. The van der Waals surface area contributed by atoms with Gasteiger partial charge in [-0.3, -0.25) is 14.3 Å². The van der Waals surface area contributed by atoms with Crippen molar-refractivity contribution in [2.24, 2.45) is 0 Å². The number of H-pyrrole nitrogens is 1. The Morgan fingerprint density at radius 3 is 3.05 bits per heavy atom. The zero-order valence-electron chi connectivity index (χ0n) is 11.2. The van der Waals surface area contributed by atoms with Crippen molar-refractivity contribution in [2.75, 3.05) is 13.2 Å². The monoisotopic (exact) mass is 282 g/mol. The van der Waals surface area contributed by atoms with Crippen molar-refractivity contribution in [3.63, 3.8) is 0 Å². The maximum atomic E-state index is 11.8. The minimum atomic E-state index is -0.565. The number of aromatic amines is 1. The van der Waals surface area contributed by atoms with Crippen molar-refractivity contribution in [1.29, 1.82) is 0 Å². The van der Waals surface area contributed by atoms with E-state index in [0.29, 0.717) is 18.6 Å². The SMILES string of the molecule is C=CCOC1C[C@H](n2cc(C)c(=O)[nH]c2=O)O[C@@H]1CO. The maximum Gasteiger partial charge on any atom is 0.330 e. The van der Waals surface area contributed by atoms with E-state index in [0.717, 1.165) is 0 Å². The van der Waals surface area contributed by atoms with Crippen LogP contribution in [0, 0.1) is 6.92 Å². The average molecular weight is 282 g/mol. The van der Waals surface area contributed by atoms with E-state index in [9.17, 15) is 14.7 Å². The van der Waals surface area contributed by atoms with Crippen molar-refractivity contribution in [1.82, 2.24) is 9.55 Å². The van der Waals surface area contributed by atoms with Crippen LogP contribution in [0.3, 0.4) is 0 Å². The Morgan fingerprint density at radius 2 is 2.40 bits per heavy atom. The molecule has 110 valence electrons. The predicted molar refractivity (Wildman–Crippen MR) is 71.6 cm³/mol. The Kier molecular flexibility index (Phi) is 4.53. The van der Waals surface area contributed by atoms with Crippen LogP contribution in [0.5, 0.6) is 0 Å². The summed E-state index contributed by atoms with van der Waals surface area (Å²) >= 11 is 0. The first-order valence-corrected chi connectivity index (χ1v) is 6.37. The number of aromatic nitrogens is 2. The van der Waals surface area contributed by atoms with Gasteiger partial charge >= 0.3 is 5.69 Å². The summed E-state index contributed by atoms with van der Waals surface area (Å²) in [4.78, 5) is 25.4. The molecule has 0 saturated carbocycles. The molecule has 1 aromatic rings. The van der Waals surface area contributed by atoms with Crippen LogP contribution in [-0.4, -0.2) is 40.1 Å². The summed E-state index contributed by atoms with van der Waals surface area (Å²) in [7, 11) is 0. The van der Waals surface area contributed by atoms with Crippen LogP contribution in [0.2, 0.25) is 0 Å². The quantitative estimate of drug-likeness (QED) is 0.723. The normalized spacial score (nSPS) is 25.8. The molecule has 1 unspecified atom stereocenters. The Balaban J connectivity index is 2.22. The molecule has 0 aromatic carbocycles. The minimum Gasteiger partial charge on any atom is -0.394 e. The smallest absolute Gasteiger partial charge is 0.330 e. The fourth-order valence-electron chi connectivity index (χ4n) is 2.20. The van der Waals surface area contributed by atoms with Crippen LogP contribution in [0.4, 0.5) is 0 Å². The third-order valence-electron chi connectivity index (χ3n) is 3.24. The summed E-state index contributed by atoms with van der Waals surface area (Å²) < 4.78 is 12.4. The Bertz CT molecular complexity index is 591. The third-order valence-corrected chi connectivity index (χ3v) is 3.24. The van der Waals surface area contributed by atoms with Crippen molar-refractivity contribution >= 4 is 0 Å². The van der Waals surface area contributed by atoms with Gasteiger partial charge in [-0.05, 0) is 6.92 Å². The molecule has 20 heavy (non-hydrogen) atoms. The van der Waals surface area contributed by atoms with Crippen molar-refractivity contribution < 1.29 is 14.6 Å². The Morgan fingerprint density at radius 1 is 1.65 bits per heavy atom. The van der Waals surface area contributed by atoms with Crippen molar-refractivity contribution in [2.45, 2.75) is 31.8 Å². The first-order chi connectivity index (χ1) is 9.56. The molecule has 1 aromatic heterocycles. The van der Waals surface area contributed by atoms with Gasteiger partial charge in [0.1, 0.15) is 12.3 Å². The summed E-state index contributed by atoms with van der Waals surface area (Å²) in [6, 6.07) is 0. The molecule has 3 atom stereocenters. The molecule has 2 heterocycles. The van der Waals surface area contributed by atoms with E-state index >= 15 is 0 Å². The molecule has 1 aliphatic heterocycles. The van der Waals surface area contributed by atoms with E-state index in [4.69, 9.17) is 9.47 Å². The first-order valence-electron chi connectivity index (χ1n) is 6.37. The summed E-state index contributed by atoms with van der Waals surface area (Å²) in [5.41, 5.74) is -0.529. The van der Waals surface area contributed by atoms with Gasteiger partial charge in [0.05, 0.1) is 19.3 Å². The number of nitrogens with zero attached hydrogens (tertiary/aromatic N) is 1. The molecule has 1 aliphatic rings. The number of aryl methyl sites for hydroxylation is 1. The first kappa shape index (κ1) is 14.7. The molecule has 7 heteroatoms. The molecule has 2 N–H and O–H groups in total. The molecule has 1 saturated heterocycles. The molecule has 1 fully saturated rings. The Hall–Kier alpha value is -1.70. The standard InChI is InChI=1S/C13H18N2O5/c1-3-4-19-9-5-11(20-10(9)7-16)15-6-8(2)12(17)14-13(15)18/h3,6,9-11,16H,1,4-5,7H2,2H3,(H,14,17,18)/t9?,10-,11-/m1/s1. The highest BCUT2D eigenvalue weighted by Gasteiger charge is 2.36. The van der Waals surface area contributed by atoms with Crippen LogP contribution in [0.1, 0.15) is 18.2 Å². The van der Waals surface area contributed by atoms with E-state index in [1.807, 2.05) is 0 Å². The second-order valence-electron chi connectivity index (χ2n) is 4.69. The van der Waals surface area contributed by atoms with Gasteiger partial charge in [-0.1, -0.05) is 6.08 Å². The number of nitrogens with one attached hydrogen (secondary N) is 1. The van der Waals surface area contributed by atoms with Gasteiger partial charge in [0, 0.05) is 18.2 Å². The molecule has 0 bridgehead atoms. The molecule has 0 aliphatic carbocycles. The lowest BCUT2D eigenvalue weighted by Crippen LogP contribution is -2.33. The summed E-state index contributed by atoms with van der Waals surface area (Å²) in [5.74, 6) is 0. The summed E-state index contributed by atoms with van der Waals surface area (Å²) in [6.45, 7) is 5.32. The van der Waals surface area contributed by atoms with E-state index in [1.54, 1.807) is 13.0 Å². The number of hydrogen-bond donors (Lipinski definition) is 2. The topological polar surface area (TPSA) is 93.6 Å². The van der Waals surface area contributed by atoms with Gasteiger partial charge in [-0.2, -0.15) is 0 Å². The number of rotatable bonds is 5. The van der Waals surface area contributed by atoms with Gasteiger partial charge in [-0.25, -0.2) is 4.79 Å². The fraction of sp³-hybridized carbons (Fsp3) is 0.538. The molecule has 0 spiro atoms. The van der Waals surface area contributed by atoms with Crippen LogP contribution in [-0.2, 0) is 9.47 Å². The molecular formula is C13H18N2O5. The molecule has 0 radical (unpaired) electrons. The fourth-order valence-corrected chi connectivity index (χ4v) is 2.20. The molecule has 2 rings (SSSR count). The molecule has 7 nitrogen and oxygen atoms in total. The van der Waals surface area contributed by atoms with E-state index < -0.39 is 23.6 Å². The van der Waals surface area contributed by atoms with Crippen LogP contribution < -0.4 is 11.2 Å². The van der Waals surface area contributed by atoms with E-state index in [1.165, 1.54) is 10.8 Å². The van der Waals surface area contributed by atoms with Gasteiger partial charge in [0.25, 0.3) is 5.56 Å². The highest BCUT2D eigenvalue weighted by molar-refractivity contribution is 5.02. The largest absolute Gasteiger partial charge is 0.394 e. The minimum absolute atomic E-state index is 0.199. The lowest BCUT2D eigenvalue weighted by Gasteiger charge is -2.15. The van der Waals surface area contributed by atoms with E-state index in [2.05, 4.69) is 11.6 Å². The van der Waals surface area contributed by atoms with Crippen molar-refractivity contribution in [3.8, 4) is 0 Å². The summed E-state index contributed by atoms with van der Waals surface area (Å²) in [6.07, 6.45) is 2.10. The van der Waals surface area contributed by atoms with Gasteiger partial charge in [0.15, 0.2) is 0 Å². The van der Waals surface area contributed by atoms with E-state index in [-0.39, 0.29) is 12.7 Å². The third kappa shape index (κ3) is 2.90. The zero-order valence-corrected chi connectivity index (χ0v) is 11.2. The number of aliphatic hydroxyl groups is 1. The highest BCUT2D eigenvalue weighted by atomic mass is 16.6. The maximum absolute atomic E-state index is 11.8. The van der Waals surface area contributed by atoms with Gasteiger partial charge in [0.2, 0.25) is 0 Å². The molecular weight excluding hydrogens is 264 g/mol. The second kappa shape index (κ2) is 6.17. The number of hydrogen-bond acceptors (Lipinski definition) is 5. The van der Waals surface area contributed by atoms with Gasteiger partial charge < -0.3 is 14.6 Å². The predicted octanol–water partition coefficient (Wildman–Crippen LogP) is -0.304. The second-order valence-corrected chi connectivity index (χ2v) is 4.69.